The number of carboxylic acids is 1. The van der Waals surface area contributed by atoms with Crippen molar-refractivity contribution in [1.29, 1.82) is 0 Å². The van der Waals surface area contributed by atoms with E-state index in [2.05, 4.69) is 6.92 Å². The standard InChI is InChI=1S/C12H20O3/c1-7-4-5-15-8(6-7)9-10(11(13)14)12(9,2)3/h7-10H,4-6H2,1-3H3,(H,13,14)/t7-,8+,9-,10+/m1/s1. The molecule has 0 unspecified atom stereocenters. The van der Waals surface area contributed by atoms with Gasteiger partial charge in [-0.3, -0.25) is 4.79 Å². The van der Waals surface area contributed by atoms with Crippen molar-refractivity contribution in [3.63, 3.8) is 0 Å². The Hall–Kier alpha value is -0.570. The molecule has 0 spiro atoms. The van der Waals surface area contributed by atoms with Gasteiger partial charge in [-0.05, 0) is 24.2 Å². The molecule has 1 N–H and O–H groups in total. The number of rotatable bonds is 2. The van der Waals surface area contributed by atoms with Gasteiger partial charge in [0, 0.05) is 12.5 Å². The van der Waals surface area contributed by atoms with Crippen LogP contribution < -0.4 is 0 Å². The van der Waals surface area contributed by atoms with Gasteiger partial charge in [-0.25, -0.2) is 0 Å². The lowest BCUT2D eigenvalue weighted by Gasteiger charge is -2.28. The van der Waals surface area contributed by atoms with Crippen molar-refractivity contribution in [3.05, 3.63) is 0 Å². The first-order chi connectivity index (χ1) is 6.94. The van der Waals surface area contributed by atoms with E-state index in [4.69, 9.17) is 9.84 Å². The van der Waals surface area contributed by atoms with Crippen LogP contribution in [0.25, 0.3) is 0 Å². The van der Waals surface area contributed by atoms with Crippen LogP contribution in [0.4, 0.5) is 0 Å². The molecule has 0 aromatic heterocycles. The lowest BCUT2D eigenvalue weighted by molar-refractivity contribution is -0.140. The summed E-state index contributed by atoms with van der Waals surface area (Å²) in [7, 11) is 0. The Labute approximate surface area is 90.8 Å². The van der Waals surface area contributed by atoms with Gasteiger partial charge in [0.05, 0.1) is 12.0 Å². The number of carboxylic acid groups (broad SMARTS) is 1. The number of hydrogen-bond donors (Lipinski definition) is 1. The van der Waals surface area contributed by atoms with Crippen molar-refractivity contribution in [2.75, 3.05) is 6.61 Å². The smallest absolute Gasteiger partial charge is 0.307 e. The van der Waals surface area contributed by atoms with Gasteiger partial charge in [0.2, 0.25) is 0 Å². The molecule has 1 aliphatic heterocycles. The van der Waals surface area contributed by atoms with Crippen LogP contribution in [0.15, 0.2) is 0 Å². The van der Waals surface area contributed by atoms with Crippen molar-refractivity contribution < 1.29 is 14.6 Å². The summed E-state index contributed by atoms with van der Waals surface area (Å²) in [6, 6.07) is 0. The first kappa shape index (κ1) is 10.9. The average Bonchev–Trinajstić information content (AvgIpc) is 2.69. The predicted molar refractivity (Wildman–Crippen MR) is 56.5 cm³/mol. The van der Waals surface area contributed by atoms with Crippen LogP contribution in [0.1, 0.15) is 33.6 Å². The molecule has 0 bridgehead atoms. The molecule has 1 heterocycles. The van der Waals surface area contributed by atoms with E-state index >= 15 is 0 Å². The van der Waals surface area contributed by atoms with Crippen LogP contribution in [0, 0.1) is 23.2 Å². The largest absolute Gasteiger partial charge is 0.481 e. The fourth-order valence-corrected chi connectivity index (χ4v) is 3.10. The van der Waals surface area contributed by atoms with Crippen molar-refractivity contribution in [3.8, 4) is 0 Å². The second kappa shape index (κ2) is 3.48. The summed E-state index contributed by atoms with van der Waals surface area (Å²) in [5, 5.41) is 9.10. The Kier molecular flexibility index (Phi) is 2.53. The minimum absolute atomic E-state index is 0.0758. The molecule has 2 rings (SSSR count). The summed E-state index contributed by atoms with van der Waals surface area (Å²) in [5.41, 5.74) is -0.0758. The first-order valence-corrected chi connectivity index (χ1v) is 5.79. The van der Waals surface area contributed by atoms with E-state index in [1.165, 1.54) is 0 Å². The molecule has 1 saturated carbocycles. The molecular weight excluding hydrogens is 192 g/mol. The van der Waals surface area contributed by atoms with E-state index in [-0.39, 0.29) is 23.4 Å². The third-order valence-electron chi connectivity index (χ3n) is 4.15. The first-order valence-electron chi connectivity index (χ1n) is 5.79. The number of ether oxygens (including phenoxy) is 1. The highest BCUT2D eigenvalue weighted by atomic mass is 16.5. The summed E-state index contributed by atoms with van der Waals surface area (Å²) < 4.78 is 5.72. The molecule has 1 aliphatic carbocycles. The van der Waals surface area contributed by atoms with Crippen LogP contribution >= 0.6 is 0 Å². The SMILES string of the molecule is C[C@@H]1CCO[C@H]([C@@H]2[C@@H](C(=O)O)C2(C)C)C1. The molecule has 1 saturated heterocycles. The minimum Gasteiger partial charge on any atom is -0.481 e. The normalized spacial score (nSPS) is 43.7. The molecule has 86 valence electrons. The van der Waals surface area contributed by atoms with Crippen molar-refractivity contribution in [2.45, 2.75) is 39.7 Å². The lowest BCUT2D eigenvalue weighted by Crippen LogP contribution is -2.28. The van der Waals surface area contributed by atoms with Crippen molar-refractivity contribution in [2.24, 2.45) is 23.2 Å². The van der Waals surface area contributed by atoms with Crippen LogP contribution in [0.3, 0.4) is 0 Å². The van der Waals surface area contributed by atoms with E-state index in [9.17, 15) is 4.79 Å². The fraction of sp³-hybridized carbons (Fsp3) is 0.917. The van der Waals surface area contributed by atoms with E-state index in [0.717, 1.165) is 19.4 Å². The highest BCUT2D eigenvalue weighted by molar-refractivity contribution is 5.75. The van der Waals surface area contributed by atoms with Crippen molar-refractivity contribution in [1.82, 2.24) is 0 Å². The Morgan fingerprint density at radius 3 is 2.60 bits per heavy atom. The van der Waals surface area contributed by atoms with Crippen LogP contribution in [-0.4, -0.2) is 23.8 Å². The Morgan fingerprint density at radius 2 is 2.13 bits per heavy atom. The summed E-state index contributed by atoms with van der Waals surface area (Å²) >= 11 is 0. The zero-order valence-corrected chi connectivity index (χ0v) is 9.69. The number of aliphatic carboxylic acids is 1. The van der Waals surface area contributed by atoms with Gasteiger partial charge in [-0.15, -0.1) is 0 Å². The summed E-state index contributed by atoms with van der Waals surface area (Å²) in [6.45, 7) is 7.10. The van der Waals surface area contributed by atoms with E-state index in [0.29, 0.717) is 5.92 Å². The van der Waals surface area contributed by atoms with Gasteiger partial charge in [0.1, 0.15) is 0 Å². The minimum atomic E-state index is -0.660. The molecular formula is C12H20O3. The summed E-state index contributed by atoms with van der Waals surface area (Å²) in [6.07, 6.45) is 2.31. The molecule has 0 aromatic carbocycles. The quantitative estimate of drug-likeness (QED) is 0.763. The molecule has 4 atom stereocenters. The second-order valence-electron chi connectivity index (χ2n) is 5.70. The van der Waals surface area contributed by atoms with Crippen LogP contribution in [0.2, 0.25) is 0 Å². The van der Waals surface area contributed by atoms with Crippen molar-refractivity contribution >= 4 is 5.97 Å². The maximum absolute atomic E-state index is 11.1. The molecule has 2 aliphatic rings. The molecule has 3 nitrogen and oxygen atoms in total. The van der Waals surface area contributed by atoms with Gasteiger partial charge in [0.15, 0.2) is 0 Å². The average molecular weight is 212 g/mol. The van der Waals surface area contributed by atoms with Gasteiger partial charge in [-0.2, -0.15) is 0 Å². The zero-order valence-electron chi connectivity index (χ0n) is 9.69. The molecule has 3 heteroatoms. The lowest BCUT2D eigenvalue weighted by atomic mass is 9.92. The zero-order chi connectivity index (χ0) is 11.2. The molecule has 15 heavy (non-hydrogen) atoms. The molecule has 0 amide bonds. The Morgan fingerprint density at radius 1 is 1.47 bits per heavy atom. The van der Waals surface area contributed by atoms with E-state index in [1.54, 1.807) is 0 Å². The third-order valence-corrected chi connectivity index (χ3v) is 4.15. The number of hydrogen-bond acceptors (Lipinski definition) is 2. The van der Waals surface area contributed by atoms with E-state index < -0.39 is 5.97 Å². The highest BCUT2D eigenvalue weighted by Crippen LogP contribution is 2.61. The summed E-state index contributed by atoms with van der Waals surface area (Å²) in [4.78, 5) is 11.1. The molecule has 0 aromatic rings. The van der Waals surface area contributed by atoms with E-state index in [1.807, 2.05) is 13.8 Å². The molecule has 2 fully saturated rings. The van der Waals surface area contributed by atoms with Gasteiger partial charge in [0.25, 0.3) is 0 Å². The molecule has 0 radical (unpaired) electrons. The fourth-order valence-electron chi connectivity index (χ4n) is 3.10. The predicted octanol–water partition coefficient (Wildman–Crippen LogP) is 2.16. The van der Waals surface area contributed by atoms with Gasteiger partial charge >= 0.3 is 5.97 Å². The monoisotopic (exact) mass is 212 g/mol. The number of carbonyl (C=O) groups is 1. The van der Waals surface area contributed by atoms with Gasteiger partial charge < -0.3 is 9.84 Å². The maximum Gasteiger partial charge on any atom is 0.307 e. The highest BCUT2D eigenvalue weighted by Gasteiger charge is 2.65. The topological polar surface area (TPSA) is 46.5 Å². The van der Waals surface area contributed by atoms with Crippen LogP contribution in [-0.2, 0) is 9.53 Å². The van der Waals surface area contributed by atoms with Crippen LogP contribution in [0.5, 0.6) is 0 Å². The Balaban J connectivity index is 2.03. The Bertz CT molecular complexity index is 272. The second-order valence-corrected chi connectivity index (χ2v) is 5.70. The third kappa shape index (κ3) is 1.78. The van der Waals surface area contributed by atoms with Gasteiger partial charge in [-0.1, -0.05) is 20.8 Å². The summed E-state index contributed by atoms with van der Waals surface area (Å²) in [5.74, 6) is 0.0342. The maximum atomic E-state index is 11.1.